The summed E-state index contributed by atoms with van der Waals surface area (Å²) in [5, 5.41) is 0. The molecule has 1 aromatic heterocycles. The van der Waals surface area contributed by atoms with Gasteiger partial charge in [0.25, 0.3) is 5.91 Å². The number of pyridine rings is 1. The Morgan fingerprint density at radius 3 is 2.45 bits per heavy atom. The van der Waals surface area contributed by atoms with E-state index in [1.165, 1.54) is 10.5 Å². The predicted octanol–water partition coefficient (Wildman–Crippen LogP) is 0.706. The van der Waals surface area contributed by atoms with E-state index in [2.05, 4.69) is 9.88 Å². The molecule has 0 unspecified atom stereocenters. The number of hydrogen-bond acceptors (Lipinski definition) is 7. The van der Waals surface area contributed by atoms with Crippen LogP contribution in [0.3, 0.4) is 0 Å². The second kappa shape index (κ2) is 10.7. The third-order valence-electron chi connectivity index (χ3n) is 5.65. The quantitative estimate of drug-likeness (QED) is 0.327. The number of rotatable bonds is 8. The van der Waals surface area contributed by atoms with Gasteiger partial charge >= 0.3 is 0 Å². The maximum atomic E-state index is 12.9. The largest absolute Gasteiger partial charge is 0.340 e. The molecule has 1 aliphatic heterocycles. The minimum absolute atomic E-state index is 0.0431. The van der Waals surface area contributed by atoms with Gasteiger partial charge in [-0.3, -0.25) is 29.2 Å². The lowest BCUT2D eigenvalue weighted by Gasteiger charge is -2.34. The number of nitrogens with zero attached hydrogens (tertiary/aromatic N) is 4. The molecule has 0 radical (unpaired) electrons. The molecule has 3 N–H and O–H groups in total. The van der Waals surface area contributed by atoms with Crippen molar-refractivity contribution in [2.45, 2.75) is 26.9 Å². The van der Waals surface area contributed by atoms with Crippen molar-refractivity contribution in [2.75, 3.05) is 36.2 Å². The minimum atomic E-state index is -3.57. The fourth-order valence-electron chi connectivity index (χ4n) is 3.68. The molecule has 0 spiro atoms. The molecule has 2 aromatic rings. The second-order valence-corrected chi connectivity index (χ2v) is 10.1. The number of carbonyl (C=O) groups excluding carboxylic acids is 2. The van der Waals surface area contributed by atoms with Crippen LogP contribution >= 0.6 is 0 Å². The van der Waals surface area contributed by atoms with Crippen molar-refractivity contribution in [3.05, 3.63) is 59.4 Å². The van der Waals surface area contributed by atoms with E-state index in [1.54, 1.807) is 32.0 Å². The summed E-state index contributed by atoms with van der Waals surface area (Å²) in [6, 6.07) is 10.6. The van der Waals surface area contributed by atoms with E-state index >= 15 is 0 Å². The van der Waals surface area contributed by atoms with Gasteiger partial charge in [-0.05, 0) is 36.8 Å². The minimum Gasteiger partial charge on any atom is -0.340 e. The van der Waals surface area contributed by atoms with E-state index in [1.807, 2.05) is 28.5 Å². The lowest BCUT2D eigenvalue weighted by atomic mass is 10.1. The highest BCUT2D eigenvalue weighted by Crippen LogP contribution is 2.23. The molecular weight excluding hydrogens is 444 g/mol. The van der Waals surface area contributed by atoms with Gasteiger partial charge in [-0.25, -0.2) is 14.3 Å². The number of anilines is 1. The summed E-state index contributed by atoms with van der Waals surface area (Å²) in [7, 11) is -3.57. The molecular formula is C22H30N6O4S. The first-order valence-corrected chi connectivity index (χ1v) is 12.4. The van der Waals surface area contributed by atoms with E-state index < -0.39 is 15.9 Å². The molecule has 178 valence electrons. The summed E-state index contributed by atoms with van der Waals surface area (Å²) in [4.78, 5) is 31.5. The highest BCUT2D eigenvalue weighted by molar-refractivity contribution is 7.92. The third kappa shape index (κ3) is 6.28. The Balaban J connectivity index is 1.78. The van der Waals surface area contributed by atoms with Crippen LogP contribution in [0.25, 0.3) is 0 Å². The normalized spacial score (nSPS) is 14.7. The number of carbonyl (C=O) groups is 2. The number of amides is 2. The number of sulfonamides is 1. The molecule has 1 fully saturated rings. The van der Waals surface area contributed by atoms with Crippen LogP contribution in [-0.2, 0) is 27.9 Å². The zero-order valence-electron chi connectivity index (χ0n) is 18.9. The highest BCUT2D eigenvalue weighted by atomic mass is 32.2. The summed E-state index contributed by atoms with van der Waals surface area (Å²) < 4.78 is 27.1. The van der Waals surface area contributed by atoms with E-state index in [-0.39, 0.29) is 23.8 Å². The van der Waals surface area contributed by atoms with Crippen molar-refractivity contribution in [1.29, 1.82) is 0 Å². The number of benzene rings is 1. The van der Waals surface area contributed by atoms with Gasteiger partial charge in [0.05, 0.1) is 29.2 Å². The van der Waals surface area contributed by atoms with Gasteiger partial charge in [0, 0.05) is 45.8 Å². The topological polar surface area (TPSA) is 129 Å². The molecule has 11 heteroatoms. The number of piperazine rings is 1. The first kappa shape index (κ1) is 24.6. The summed E-state index contributed by atoms with van der Waals surface area (Å²) in [5.74, 6) is 4.70. The van der Waals surface area contributed by atoms with E-state index in [9.17, 15) is 18.0 Å². The Morgan fingerprint density at radius 2 is 1.88 bits per heavy atom. The average Bonchev–Trinajstić information content (AvgIpc) is 2.82. The van der Waals surface area contributed by atoms with Crippen LogP contribution < -0.4 is 15.6 Å². The molecule has 1 saturated heterocycles. The molecule has 1 aromatic carbocycles. The predicted molar refractivity (Wildman–Crippen MR) is 126 cm³/mol. The van der Waals surface area contributed by atoms with Crippen molar-refractivity contribution >= 4 is 27.5 Å². The first-order chi connectivity index (χ1) is 15.7. The van der Waals surface area contributed by atoms with Crippen molar-refractivity contribution in [2.24, 2.45) is 5.84 Å². The summed E-state index contributed by atoms with van der Waals surface area (Å²) >= 11 is 0. The van der Waals surface area contributed by atoms with Crippen LogP contribution in [0.15, 0.2) is 42.6 Å². The average molecular weight is 475 g/mol. The molecule has 33 heavy (non-hydrogen) atoms. The van der Waals surface area contributed by atoms with Crippen molar-refractivity contribution in [1.82, 2.24) is 20.2 Å². The van der Waals surface area contributed by atoms with Crippen molar-refractivity contribution in [3.63, 3.8) is 0 Å². The molecule has 1 aliphatic rings. The van der Waals surface area contributed by atoms with Crippen LogP contribution in [0, 0.1) is 0 Å². The molecule has 2 amide bonds. The molecule has 0 aliphatic carbocycles. The van der Waals surface area contributed by atoms with Crippen LogP contribution in [0.5, 0.6) is 0 Å². The van der Waals surface area contributed by atoms with E-state index in [4.69, 9.17) is 5.84 Å². The van der Waals surface area contributed by atoms with Gasteiger partial charge in [-0.2, -0.15) is 0 Å². The van der Waals surface area contributed by atoms with Gasteiger partial charge in [0.2, 0.25) is 15.9 Å². The number of hydrazine groups is 1. The smallest absolute Gasteiger partial charge is 0.266 e. The Labute approximate surface area is 194 Å². The summed E-state index contributed by atoms with van der Waals surface area (Å²) in [6.07, 6.45) is 1.37. The van der Waals surface area contributed by atoms with Gasteiger partial charge < -0.3 is 4.90 Å². The summed E-state index contributed by atoms with van der Waals surface area (Å²) in [6.45, 7) is 6.81. The number of nitrogens with two attached hydrogens (primary N) is 1. The molecule has 3 rings (SSSR count). The Bertz CT molecular complexity index is 1080. The molecule has 2 heterocycles. The molecule has 0 atom stereocenters. The van der Waals surface area contributed by atoms with Crippen molar-refractivity contribution < 1.29 is 18.0 Å². The standard InChI is InChI=1S/C22H30N6O4S/c1-3-33(31,32)28(16-20-8-7-19(14-24-20)22(30)25-23)21-6-4-5-18(13-21)15-26-9-11-27(12-10-26)17(2)29/h4-8,13-14H,3,9-12,15-16,23H2,1-2H3,(H,25,30). The van der Waals surface area contributed by atoms with Gasteiger partial charge in [-0.15, -0.1) is 0 Å². The second-order valence-electron chi connectivity index (χ2n) is 7.87. The van der Waals surface area contributed by atoms with Gasteiger partial charge in [0.15, 0.2) is 0 Å². The lowest BCUT2D eigenvalue weighted by molar-refractivity contribution is -0.130. The zero-order valence-corrected chi connectivity index (χ0v) is 19.7. The lowest BCUT2D eigenvalue weighted by Crippen LogP contribution is -2.47. The number of nitrogens with one attached hydrogen (secondary N) is 1. The number of hydrogen-bond donors (Lipinski definition) is 2. The fourth-order valence-corrected chi connectivity index (χ4v) is 4.75. The van der Waals surface area contributed by atoms with Crippen LogP contribution in [0.2, 0.25) is 0 Å². The van der Waals surface area contributed by atoms with E-state index in [0.717, 1.165) is 18.7 Å². The number of aromatic nitrogens is 1. The van der Waals surface area contributed by atoms with Crippen molar-refractivity contribution in [3.8, 4) is 0 Å². The van der Waals surface area contributed by atoms with Crippen LogP contribution in [0.4, 0.5) is 5.69 Å². The summed E-state index contributed by atoms with van der Waals surface area (Å²) in [5.41, 5.74) is 4.38. The van der Waals surface area contributed by atoms with E-state index in [0.29, 0.717) is 31.0 Å². The molecule has 0 bridgehead atoms. The first-order valence-electron chi connectivity index (χ1n) is 10.8. The maximum Gasteiger partial charge on any atom is 0.266 e. The van der Waals surface area contributed by atoms with Gasteiger partial charge in [-0.1, -0.05) is 12.1 Å². The monoisotopic (exact) mass is 474 g/mol. The zero-order chi connectivity index (χ0) is 24.0. The fraction of sp³-hybridized carbons (Fsp3) is 0.409. The van der Waals surface area contributed by atoms with Gasteiger partial charge in [0.1, 0.15) is 0 Å². The third-order valence-corrected chi connectivity index (χ3v) is 7.39. The van der Waals surface area contributed by atoms with Crippen LogP contribution in [-0.4, -0.2) is 66.9 Å². The SMILES string of the molecule is CCS(=O)(=O)N(Cc1ccc(C(=O)NN)cn1)c1cccc(CN2CCN(C(C)=O)CC2)c1. The van der Waals surface area contributed by atoms with Crippen LogP contribution in [0.1, 0.15) is 35.5 Å². The molecule has 10 nitrogen and oxygen atoms in total. The Morgan fingerprint density at radius 1 is 1.15 bits per heavy atom. The Kier molecular flexibility index (Phi) is 8.01. The maximum absolute atomic E-state index is 12.9. The highest BCUT2D eigenvalue weighted by Gasteiger charge is 2.23. The Hall–Kier alpha value is -3.02. The number of nitrogen functional groups attached to an aromatic ring is 1. The molecule has 0 saturated carbocycles.